The minimum atomic E-state index is -0.889. The standard InChI is InChI=1S/C14H12.CCl2O/c1-3-7-13(8-4-1)11-12-14-9-5-2-6-10-14;2-1(3)4/h1-12H;. The van der Waals surface area contributed by atoms with E-state index in [4.69, 9.17) is 4.79 Å². The second-order valence-electron chi connectivity index (χ2n) is 3.38. The lowest BCUT2D eigenvalue weighted by Crippen LogP contribution is -1.70. The van der Waals surface area contributed by atoms with Crippen LogP contribution >= 0.6 is 23.2 Å². The average Bonchev–Trinajstić information content (AvgIpc) is 2.38. The smallest absolute Gasteiger partial charge is 0.262 e. The van der Waals surface area contributed by atoms with Gasteiger partial charge >= 0.3 is 4.70 Å². The molecule has 0 aromatic heterocycles. The van der Waals surface area contributed by atoms with Crippen molar-refractivity contribution in [1.82, 2.24) is 0 Å². The van der Waals surface area contributed by atoms with E-state index in [1.807, 2.05) is 36.4 Å². The Morgan fingerprint density at radius 1 is 0.722 bits per heavy atom. The summed E-state index contributed by atoms with van der Waals surface area (Å²) in [4.78, 5) is 8.98. The second-order valence-corrected chi connectivity index (χ2v) is 4.26. The quantitative estimate of drug-likeness (QED) is 0.528. The first-order chi connectivity index (χ1) is 8.68. The number of hydrogen-bond donors (Lipinski definition) is 0. The van der Waals surface area contributed by atoms with Crippen molar-refractivity contribution in [2.24, 2.45) is 0 Å². The van der Waals surface area contributed by atoms with Gasteiger partial charge in [-0.05, 0) is 34.3 Å². The number of hydrogen-bond acceptors (Lipinski definition) is 1. The minimum Gasteiger partial charge on any atom is -0.262 e. The highest BCUT2D eigenvalue weighted by Gasteiger charge is 1.84. The molecule has 0 unspecified atom stereocenters. The molecule has 0 aliphatic rings. The van der Waals surface area contributed by atoms with Gasteiger partial charge in [0.05, 0.1) is 0 Å². The Labute approximate surface area is 117 Å². The van der Waals surface area contributed by atoms with Crippen LogP contribution in [-0.2, 0) is 0 Å². The first-order valence-electron chi connectivity index (χ1n) is 5.31. The van der Waals surface area contributed by atoms with Crippen LogP contribution in [0.5, 0.6) is 0 Å². The van der Waals surface area contributed by atoms with Gasteiger partial charge in [0.2, 0.25) is 0 Å². The van der Waals surface area contributed by atoms with Crippen molar-refractivity contribution in [3.8, 4) is 0 Å². The summed E-state index contributed by atoms with van der Waals surface area (Å²) in [6.07, 6.45) is 4.24. The molecule has 0 aliphatic carbocycles. The normalized spacial score (nSPS) is 9.67. The van der Waals surface area contributed by atoms with Crippen molar-refractivity contribution in [1.29, 1.82) is 0 Å². The van der Waals surface area contributed by atoms with Gasteiger partial charge in [-0.2, -0.15) is 0 Å². The van der Waals surface area contributed by atoms with Crippen molar-refractivity contribution >= 4 is 40.1 Å². The molecular weight excluding hydrogens is 267 g/mol. The molecule has 3 heteroatoms. The molecule has 2 aromatic rings. The van der Waals surface area contributed by atoms with Crippen LogP contribution in [0.1, 0.15) is 11.1 Å². The molecule has 0 radical (unpaired) electrons. The third kappa shape index (κ3) is 6.89. The van der Waals surface area contributed by atoms with Crippen molar-refractivity contribution < 1.29 is 4.79 Å². The fraction of sp³-hybridized carbons (Fsp3) is 0. The van der Waals surface area contributed by atoms with Gasteiger partial charge in [0, 0.05) is 0 Å². The van der Waals surface area contributed by atoms with Crippen LogP contribution in [0.2, 0.25) is 0 Å². The van der Waals surface area contributed by atoms with Crippen LogP contribution in [0.25, 0.3) is 12.2 Å². The Morgan fingerprint density at radius 2 is 1.00 bits per heavy atom. The molecule has 2 aromatic carbocycles. The number of benzene rings is 2. The molecule has 0 N–H and O–H groups in total. The van der Waals surface area contributed by atoms with E-state index in [0.717, 1.165) is 0 Å². The van der Waals surface area contributed by atoms with E-state index in [1.54, 1.807) is 0 Å². The predicted octanol–water partition coefficient (Wildman–Crippen LogP) is 5.44. The summed E-state index contributed by atoms with van der Waals surface area (Å²) >= 11 is 8.80. The molecule has 0 heterocycles. The zero-order valence-corrected chi connectivity index (χ0v) is 11.1. The Kier molecular flexibility index (Phi) is 6.85. The second kappa shape index (κ2) is 8.51. The molecule has 0 fully saturated rings. The highest BCUT2D eigenvalue weighted by molar-refractivity contribution is 6.93. The fourth-order valence-electron chi connectivity index (χ4n) is 1.32. The molecular formula is C15H12Cl2O. The Hall–Kier alpha value is -1.57. The van der Waals surface area contributed by atoms with Crippen LogP contribution in [-0.4, -0.2) is 4.70 Å². The highest BCUT2D eigenvalue weighted by Crippen LogP contribution is 2.06. The highest BCUT2D eigenvalue weighted by atomic mass is 35.5. The van der Waals surface area contributed by atoms with E-state index in [9.17, 15) is 0 Å². The van der Waals surface area contributed by atoms with E-state index in [0.29, 0.717) is 0 Å². The maximum Gasteiger partial charge on any atom is 0.313 e. The molecule has 0 bridgehead atoms. The lowest BCUT2D eigenvalue weighted by Gasteiger charge is -1.92. The maximum atomic E-state index is 8.98. The average molecular weight is 279 g/mol. The Morgan fingerprint density at radius 3 is 1.28 bits per heavy atom. The zero-order chi connectivity index (χ0) is 13.2. The van der Waals surface area contributed by atoms with Crippen LogP contribution in [0.3, 0.4) is 0 Å². The van der Waals surface area contributed by atoms with E-state index < -0.39 is 4.70 Å². The summed E-state index contributed by atoms with van der Waals surface area (Å²) in [5.74, 6) is 0. The largest absolute Gasteiger partial charge is 0.313 e. The number of carbonyl (C=O) groups excluding carboxylic acids is 1. The third-order valence-corrected chi connectivity index (χ3v) is 2.07. The first kappa shape index (κ1) is 14.5. The van der Waals surface area contributed by atoms with E-state index >= 15 is 0 Å². The summed E-state index contributed by atoms with van der Waals surface area (Å²) in [5.41, 5.74) is 2.47. The molecule has 0 amide bonds. The van der Waals surface area contributed by atoms with Crippen molar-refractivity contribution in [2.75, 3.05) is 0 Å². The zero-order valence-electron chi connectivity index (χ0n) is 9.59. The van der Waals surface area contributed by atoms with Crippen LogP contribution in [0.4, 0.5) is 4.79 Å². The topological polar surface area (TPSA) is 17.1 Å². The fourth-order valence-corrected chi connectivity index (χ4v) is 1.32. The molecule has 0 saturated heterocycles. The molecule has 2 rings (SSSR count). The number of rotatable bonds is 2. The van der Waals surface area contributed by atoms with Crippen LogP contribution in [0.15, 0.2) is 60.7 Å². The Balaban J connectivity index is 0.000000357. The lowest BCUT2D eigenvalue weighted by atomic mass is 10.1. The predicted molar refractivity (Wildman–Crippen MR) is 78.9 cm³/mol. The van der Waals surface area contributed by atoms with E-state index in [1.165, 1.54) is 11.1 Å². The van der Waals surface area contributed by atoms with Crippen LogP contribution in [0, 0.1) is 0 Å². The molecule has 0 spiro atoms. The van der Waals surface area contributed by atoms with Gasteiger partial charge in [-0.1, -0.05) is 72.8 Å². The van der Waals surface area contributed by atoms with E-state index in [-0.39, 0.29) is 0 Å². The van der Waals surface area contributed by atoms with Crippen molar-refractivity contribution in [3.05, 3.63) is 71.8 Å². The van der Waals surface area contributed by atoms with E-state index in [2.05, 4.69) is 59.6 Å². The molecule has 0 saturated carbocycles. The maximum absolute atomic E-state index is 8.98. The third-order valence-electron chi connectivity index (χ3n) is 2.07. The lowest BCUT2D eigenvalue weighted by molar-refractivity contribution is 0.275. The van der Waals surface area contributed by atoms with Gasteiger partial charge in [-0.15, -0.1) is 0 Å². The SMILES string of the molecule is C(=Cc1ccccc1)c1ccccc1.O=C(Cl)Cl. The molecule has 0 aliphatic heterocycles. The monoisotopic (exact) mass is 278 g/mol. The first-order valence-corrected chi connectivity index (χ1v) is 6.07. The van der Waals surface area contributed by atoms with Gasteiger partial charge in [0.15, 0.2) is 0 Å². The van der Waals surface area contributed by atoms with Gasteiger partial charge in [-0.3, -0.25) is 4.79 Å². The van der Waals surface area contributed by atoms with Gasteiger partial charge in [-0.25, -0.2) is 0 Å². The number of halogens is 2. The van der Waals surface area contributed by atoms with Crippen LogP contribution < -0.4 is 0 Å². The summed E-state index contributed by atoms with van der Waals surface area (Å²) in [6, 6.07) is 20.6. The summed E-state index contributed by atoms with van der Waals surface area (Å²) in [5, 5.41) is 0. The van der Waals surface area contributed by atoms with Gasteiger partial charge in [0.25, 0.3) is 0 Å². The van der Waals surface area contributed by atoms with Crippen molar-refractivity contribution in [2.45, 2.75) is 0 Å². The van der Waals surface area contributed by atoms with Crippen molar-refractivity contribution in [3.63, 3.8) is 0 Å². The molecule has 18 heavy (non-hydrogen) atoms. The summed E-state index contributed by atoms with van der Waals surface area (Å²) < 4.78 is -0.889. The van der Waals surface area contributed by atoms with Gasteiger partial charge < -0.3 is 0 Å². The Bertz CT molecular complexity index is 447. The molecule has 92 valence electrons. The molecule has 1 nitrogen and oxygen atoms in total. The summed E-state index contributed by atoms with van der Waals surface area (Å²) in [6.45, 7) is 0. The minimum absolute atomic E-state index is 0.889. The summed E-state index contributed by atoms with van der Waals surface area (Å²) in [7, 11) is 0. The van der Waals surface area contributed by atoms with Gasteiger partial charge in [0.1, 0.15) is 0 Å². The molecule has 0 atom stereocenters. The number of carbonyl (C=O) groups is 1.